The maximum Gasteiger partial charge on any atom is 0.310 e. The fourth-order valence-electron chi connectivity index (χ4n) is 3.31. The predicted molar refractivity (Wildman–Crippen MR) is 72.5 cm³/mol. The maximum atomic E-state index is 11.7. The van der Waals surface area contributed by atoms with Crippen molar-refractivity contribution in [1.29, 1.82) is 0 Å². The molecule has 2 saturated carbocycles. The Morgan fingerprint density at radius 2 is 1.89 bits per heavy atom. The summed E-state index contributed by atoms with van der Waals surface area (Å²) in [5.74, 6) is 0.927. The number of carbonyl (C=O) groups is 1. The Balaban J connectivity index is 1.99. The molecule has 2 fully saturated rings. The van der Waals surface area contributed by atoms with Crippen LogP contribution in [0.3, 0.4) is 0 Å². The van der Waals surface area contributed by atoms with Gasteiger partial charge in [0.15, 0.2) is 0 Å². The van der Waals surface area contributed by atoms with Crippen molar-refractivity contribution in [3.8, 4) is 0 Å². The molecular weight excluding hydrogens is 226 g/mol. The van der Waals surface area contributed by atoms with Gasteiger partial charge < -0.3 is 10.0 Å². The average Bonchev–Trinajstić information content (AvgIpc) is 3.15. The van der Waals surface area contributed by atoms with E-state index in [0.717, 1.165) is 38.1 Å². The highest BCUT2D eigenvalue weighted by Gasteiger charge is 2.43. The van der Waals surface area contributed by atoms with Crippen molar-refractivity contribution in [2.45, 2.75) is 58.4 Å². The summed E-state index contributed by atoms with van der Waals surface area (Å²) in [5.41, 5.74) is -0.482. The SMILES string of the molecule is CC1CCC(CN(C)C(C)C2CC2)(C(=O)O)CC1. The Labute approximate surface area is 111 Å². The molecule has 0 bridgehead atoms. The lowest BCUT2D eigenvalue weighted by atomic mass is 9.70. The Bertz CT molecular complexity index is 304. The highest BCUT2D eigenvalue weighted by Crippen LogP contribution is 2.41. The molecule has 104 valence electrons. The molecule has 0 spiro atoms. The predicted octanol–water partition coefficient (Wildman–Crippen LogP) is 3.00. The van der Waals surface area contributed by atoms with Gasteiger partial charge in [0.2, 0.25) is 0 Å². The third kappa shape index (κ3) is 2.87. The van der Waals surface area contributed by atoms with Crippen LogP contribution in [0.5, 0.6) is 0 Å². The summed E-state index contributed by atoms with van der Waals surface area (Å²) >= 11 is 0. The van der Waals surface area contributed by atoms with Crippen LogP contribution in [0.1, 0.15) is 52.4 Å². The lowest BCUT2D eigenvalue weighted by molar-refractivity contribution is -0.153. The smallest absolute Gasteiger partial charge is 0.310 e. The summed E-state index contributed by atoms with van der Waals surface area (Å²) in [7, 11) is 2.10. The zero-order valence-corrected chi connectivity index (χ0v) is 12.0. The summed E-state index contributed by atoms with van der Waals surface area (Å²) < 4.78 is 0. The van der Waals surface area contributed by atoms with Gasteiger partial charge in [0.1, 0.15) is 0 Å². The van der Waals surface area contributed by atoms with E-state index in [1.54, 1.807) is 0 Å². The first-order valence-corrected chi connectivity index (χ1v) is 7.38. The third-order valence-corrected chi connectivity index (χ3v) is 5.24. The van der Waals surface area contributed by atoms with Crippen LogP contribution in [0.15, 0.2) is 0 Å². The Morgan fingerprint density at radius 3 is 2.33 bits per heavy atom. The molecule has 1 unspecified atom stereocenters. The Morgan fingerprint density at radius 1 is 1.33 bits per heavy atom. The molecule has 3 heteroatoms. The highest BCUT2D eigenvalue weighted by atomic mass is 16.4. The van der Waals surface area contributed by atoms with E-state index in [2.05, 4.69) is 25.8 Å². The van der Waals surface area contributed by atoms with Crippen molar-refractivity contribution in [2.24, 2.45) is 17.3 Å². The summed E-state index contributed by atoms with van der Waals surface area (Å²) in [6.45, 7) is 5.22. The van der Waals surface area contributed by atoms with Gasteiger partial charge in [-0.2, -0.15) is 0 Å². The van der Waals surface area contributed by atoms with Crippen LogP contribution in [-0.4, -0.2) is 35.6 Å². The molecule has 0 aromatic heterocycles. The molecule has 0 aliphatic heterocycles. The van der Waals surface area contributed by atoms with E-state index in [4.69, 9.17) is 0 Å². The maximum absolute atomic E-state index is 11.7. The van der Waals surface area contributed by atoms with Crippen molar-refractivity contribution in [1.82, 2.24) is 4.90 Å². The van der Waals surface area contributed by atoms with E-state index in [0.29, 0.717) is 12.0 Å². The number of aliphatic carboxylic acids is 1. The van der Waals surface area contributed by atoms with E-state index < -0.39 is 11.4 Å². The lowest BCUT2D eigenvalue weighted by Crippen LogP contribution is -2.47. The van der Waals surface area contributed by atoms with Gasteiger partial charge in [0, 0.05) is 12.6 Å². The minimum Gasteiger partial charge on any atom is -0.481 e. The van der Waals surface area contributed by atoms with E-state index in [1.807, 2.05) is 0 Å². The van der Waals surface area contributed by atoms with Gasteiger partial charge in [-0.3, -0.25) is 4.79 Å². The zero-order valence-electron chi connectivity index (χ0n) is 12.0. The number of nitrogens with zero attached hydrogens (tertiary/aromatic N) is 1. The molecule has 0 aromatic carbocycles. The van der Waals surface area contributed by atoms with Crippen molar-refractivity contribution in [3.63, 3.8) is 0 Å². The number of hydrogen-bond donors (Lipinski definition) is 1. The summed E-state index contributed by atoms with van der Waals surface area (Å²) in [5, 5.41) is 9.63. The summed E-state index contributed by atoms with van der Waals surface area (Å²) in [6.07, 6.45) is 6.48. The van der Waals surface area contributed by atoms with E-state index in [9.17, 15) is 9.90 Å². The second-order valence-electron chi connectivity index (χ2n) is 6.76. The van der Waals surface area contributed by atoms with Gasteiger partial charge in [0.25, 0.3) is 0 Å². The molecule has 0 heterocycles. The fraction of sp³-hybridized carbons (Fsp3) is 0.933. The number of carboxylic acid groups (broad SMARTS) is 1. The minimum absolute atomic E-state index is 0.482. The number of carboxylic acids is 1. The first-order valence-electron chi connectivity index (χ1n) is 7.38. The lowest BCUT2D eigenvalue weighted by Gasteiger charge is -2.40. The molecule has 2 aliphatic carbocycles. The first-order chi connectivity index (χ1) is 8.44. The Kier molecular flexibility index (Phi) is 4.00. The molecular formula is C15H27NO2. The van der Waals surface area contributed by atoms with Crippen LogP contribution in [-0.2, 0) is 4.79 Å². The number of rotatable bonds is 5. The molecule has 2 aliphatic rings. The quantitative estimate of drug-likeness (QED) is 0.819. The van der Waals surface area contributed by atoms with Gasteiger partial charge in [-0.1, -0.05) is 6.92 Å². The van der Waals surface area contributed by atoms with E-state index in [-0.39, 0.29) is 0 Å². The van der Waals surface area contributed by atoms with Gasteiger partial charge >= 0.3 is 5.97 Å². The zero-order chi connectivity index (χ0) is 13.3. The minimum atomic E-state index is -0.579. The standard InChI is InChI=1S/C15H27NO2/c1-11-6-8-15(9-7-11,14(17)18)10-16(3)12(2)13-4-5-13/h11-13H,4-10H2,1-3H3,(H,17,18). The van der Waals surface area contributed by atoms with Gasteiger partial charge in [-0.05, 0) is 64.3 Å². The van der Waals surface area contributed by atoms with E-state index >= 15 is 0 Å². The molecule has 0 saturated heterocycles. The highest BCUT2D eigenvalue weighted by molar-refractivity contribution is 5.75. The van der Waals surface area contributed by atoms with Crippen LogP contribution in [0.25, 0.3) is 0 Å². The van der Waals surface area contributed by atoms with Crippen molar-refractivity contribution < 1.29 is 9.90 Å². The molecule has 18 heavy (non-hydrogen) atoms. The van der Waals surface area contributed by atoms with Crippen LogP contribution in [0.2, 0.25) is 0 Å². The molecule has 2 rings (SSSR count). The molecule has 0 aromatic rings. The van der Waals surface area contributed by atoms with Crippen molar-refractivity contribution in [3.05, 3.63) is 0 Å². The van der Waals surface area contributed by atoms with Gasteiger partial charge in [-0.25, -0.2) is 0 Å². The van der Waals surface area contributed by atoms with Crippen LogP contribution in [0.4, 0.5) is 0 Å². The van der Waals surface area contributed by atoms with Crippen molar-refractivity contribution in [2.75, 3.05) is 13.6 Å². The van der Waals surface area contributed by atoms with Crippen LogP contribution >= 0.6 is 0 Å². The van der Waals surface area contributed by atoms with Crippen molar-refractivity contribution >= 4 is 5.97 Å². The van der Waals surface area contributed by atoms with Gasteiger partial charge in [0.05, 0.1) is 5.41 Å². The largest absolute Gasteiger partial charge is 0.481 e. The molecule has 0 amide bonds. The number of hydrogen-bond acceptors (Lipinski definition) is 2. The summed E-state index contributed by atoms with van der Waals surface area (Å²) in [4.78, 5) is 14.0. The van der Waals surface area contributed by atoms with E-state index in [1.165, 1.54) is 12.8 Å². The average molecular weight is 253 g/mol. The van der Waals surface area contributed by atoms with Crippen LogP contribution < -0.4 is 0 Å². The van der Waals surface area contributed by atoms with Gasteiger partial charge in [-0.15, -0.1) is 0 Å². The monoisotopic (exact) mass is 253 g/mol. The molecule has 1 N–H and O–H groups in total. The molecule has 0 radical (unpaired) electrons. The second-order valence-corrected chi connectivity index (χ2v) is 6.76. The normalized spacial score (nSPS) is 34.6. The first kappa shape index (κ1) is 13.9. The topological polar surface area (TPSA) is 40.5 Å². The molecule has 1 atom stereocenters. The fourth-order valence-corrected chi connectivity index (χ4v) is 3.31. The second kappa shape index (κ2) is 5.20. The summed E-state index contributed by atoms with van der Waals surface area (Å²) in [6, 6.07) is 0.542. The molecule has 3 nitrogen and oxygen atoms in total. The van der Waals surface area contributed by atoms with Crippen LogP contribution in [0, 0.1) is 17.3 Å². The Hall–Kier alpha value is -0.570. The third-order valence-electron chi connectivity index (χ3n) is 5.24.